The van der Waals surface area contributed by atoms with Crippen LogP contribution in [0.2, 0.25) is 0 Å². The van der Waals surface area contributed by atoms with Gasteiger partial charge >= 0.3 is 246 Å². The van der Waals surface area contributed by atoms with Crippen molar-refractivity contribution in [1.82, 2.24) is 0 Å². The molecule has 2 aromatic rings. The SMILES string of the molecule is CC(/C=C(/C)[N]([Ge][O]S(=O)(=O)C(F)(F)F)c1c(C(C)C)cccc1C(C)C)=Nc1c(C(C)C)cccc1C(C)C. The molecular weight excluding hydrogens is 598 g/mol. The number of hydrogen-bond acceptors (Lipinski definition) is 5. The van der Waals surface area contributed by atoms with Crippen molar-refractivity contribution < 1.29 is 24.8 Å². The van der Waals surface area contributed by atoms with Crippen molar-refractivity contribution in [3.63, 3.8) is 0 Å². The van der Waals surface area contributed by atoms with E-state index in [2.05, 4.69) is 39.8 Å². The van der Waals surface area contributed by atoms with E-state index in [9.17, 15) is 21.6 Å². The van der Waals surface area contributed by atoms with Crippen molar-refractivity contribution in [3.05, 3.63) is 70.4 Å². The Morgan fingerprint density at radius 2 is 1.23 bits per heavy atom. The van der Waals surface area contributed by atoms with Gasteiger partial charge in [-0.15, -0.1) is 0 Å². The fourth-order valence-electron chi connectivity index (χ4n) is 4.41. The molecule has 0 unspecified atom stereocenters. The molecule has 0 saturated carbocycles. The van der Waals surface area contributed by atoms with Crippen LogP contribution in [0.25, 0.3) is 0 Å². The molecule has 2 aromatic carbocycles. The van der Waals surface area contributed by atoms with Crippen LogP contribution in [0.1, 0.15) is 115 Å². The first kappa shape index (κ1) is 34.1. The van der Waals surface area contributed by atoms with Gasteiger partial charge in [0.15, 0.2) is 0 Å². The molecule has 5 nitrogen and oxygen atoms in total. The first-order valence-corrected chi connectivity index (χ1v) is 16.6. The summed E-state index contributed by atoms with van der Waals surface area (Å²) in [7, 11) is -5.75. The number of benzene rings is 2. The van der Waals surface area contributed by atoms with Crippen LogP contribution < -0.4 is 3.86 Å². The molecule has 40 heavy (non-hydrogen) atoms. The normalized spacial score (nSPS) is 13.7. The van der Waals surface area contributed by atoms with Crippen LogP contribution in [0.4, 0.5) is 24.5 Å². The molecule has 0 amide bonds. The van der Waals surface area contributed by atoms with Crippen molar-refractivity contribution in [2.75, 3.05) is 3.86 Å². The van der Waals surface area contributed by atoms with Crippen LogP contribution >= 0.6 is 0 Å². The summed E-state index contributed by atoms with van der Waals surface area (Å²) in [5, 5.41) is 0. The van der Waals surface area contributed by atoms with Gasteiger partial charge in [0.1, 0.15) is 0 Å². The Labute approximate surface area is 245 Å². The molecule has 220 valence electrons. The van der Waals surface area contributed by atoms with Gasteiger partial charge in [-0.25, -0.2) is 0 Å². The van der Waals surface area contributed by atoms with Crippen LogP contribution in [0.15, 0.2) is 53.2 Å². The van der Waals surface area contributed by atoms with Gasteiger partial charge in [-0.05, 0) is 0 Å². The minimum absolute atomic E-state index is 0.0381. The van der Waals surface area contributed by atoms with Crippen molar-refractivity contribution in [3.8, 4) is 0 Å². The average Bonchev–Trinajstić information content (AvgIpc) is 2.82. The van der Waals surface area contributed by atoms with Gasteiger partial charge in [0, 0.05) is 0 Å². The minimum atomic E-state index is -5.75. The number of rotatable bonds is 11. The Hall–Kier alpha value is -2.11. The van der Waals surface area contributed by atoms with Gasteiger partial charge in [0.25, 0.3) is 0 Å². The first-order chi connectivity index (χ1) is 18.4. The predicted octanol–water partition coefficient (Wildman–Crippen LogP) is 9.08. The summed E-state index contributed by atoms with van der Waals surface area (Å²) in [6.07, 6.45) is 1.79. The molecule has 0 saturated heterocycles. The second-order valence-electron chi connectivity index (χ2n) is 11.1. The van der Waals surface area contributed by atoms with E-state index in [0.29, 0.717) is 17.1 Å². The Balaban J connectivity index is 2.76. The number of aliphatic imine (C=N–C) groups is 1. The second-order valence-corrected chi connectivity index (χ2v) is 15.0. The quantitative estimate of drug-likeness (QED) is 0.140. The third-order valence-corrected chi connectivity index (χ3v) is 10.8. The fourth-order valence-corrected chi connectivity index (χ4v) is 7.53. The van der Waals surface area contributed by atoms with E-state index in [1.807, 2.05) is 58.9 Å². The molecule has 0 aromatic heterocycles. The molecule has 0 aliphatic carbocycles. The molecular formula is C30H41F3GeN2O3S. The van der Waals surface area contributed by atoms with Gasteiger partial charge in [0.05, 0.1) is 0 Å². The Kier molecular flexibility index (Phi) is 11.7. The first-order valence-electron chi connectivity index (χ1n) is 13.4. The molecule has 0 aliphatic heterocycles. The van der Waals surface area contributed by atoms with E-state index < -0.39 is 31.6 Å². The van der Waals surface area contributed by atoms with Crippen LogP contribution in [0.5, 0.6) is 0 Å². The van der Waals surface area contributed by atoms with Gasteiger partial charge in [-0.1, -0.05) is 0 Å². The van der Waals surface area contributed by atoms with Crippen LogP contribution in [-0.2, 0) is 13.3 Å². The Bertz CT molecular complexity index is 1300. The van der Waals surface area contributed by atoms with E-state index in [-0.39, 0.29) is 23.7 Å². The molecule has 0 bridgehead atoms. The van der Waals surface area contributed by atoms with Gasteiger partial charge in [0.2, 0.25) is 0 Å². The van der Waals surface area contributed by atoms with Crippen molar-refractivity contribution in [1.29, 1.82) is 0 Å². The average molecular weight is 639 g/mol. The Morgan fingerprint density at radius 3 is 1.60 bits per heavy atom. The topological polar surface area (TPSA) is 59.0 Å². The third kappa shape index (κ3) is 8.22. The monoisotopic (exact) mass is 640 g/mol. The summed E-state index contributed by atoms with van der Waals surface area (Å²) in [5.74, 6) is 0.559. The molecule has 2 rings (SSSR count). The number of nitrogens with zero attached hydrogens (tertiary/aromatic N) is 2. The fraction of sp³-hybridized carbons (Fsp3) is 0.500. The van der Waals surface area contributed by atoms with E-state index in [1.54, 1.807) is 16.9 Å². The summed E-state index contributed by atoms with van der Waals surface area (Å²) >= 11 is -2.30. The van der Waals surface area contributed by atoms with E-state index >= 15 is 0 Å². The van der Waals surface area contributed by atoms with E-state index in [1.165, 1.54) is 0 Å². The van der Waals surface area contributed by atoms with Gasteiger partial charge in [-0.3, -0.25) is 0 Å². The third-order valence-electron chi connectivity index (χ3n) is 6.49. The maximum absolute atomic E-state index is 13.2. The summed E-state index contributed by atoms with van der Waals surface area (Å²) in [6.45, 7) is 20.0. The zero-order valence-corrected chi connectivity index (χ0v) is 27.9. The molecule has 10 heteroatoms. The molecule has 0 aliphatic rings. The molecule has 2 radical (unpaired) electrons. The number of para-hydroxylation sites is 2. The number of alkyl halides is 3. The van der Waals surface area contributed by atoms with Crippen LogP contribution in [-0.4, -0.2) is 35.6 Å². The van der Waals surface area contributed by atoms with Crippen molar-refractivity contribution >= 4 is 43.2 Å². The van der Waals surface area contributed by atoms with Crippen LogP contribution in [0, 0.1) is 0 Å². The number of allylic oxidation sites excluding steroid dienone is 2. The standard InChI is InChI=1S/C30H41F3GeN2O3S/c1-18(2)24-13-11-14-25(19(3)4)28(24)35-22(9)17-23(10)36(34-39-40(37,38)30(31,32)33)29-26(20(5)6)15-12-16-27(29)21(7)8/h11-21H,1-10H3/b23-17-,35-22?. The molecule has 0 spiro atoms. The number of anilines is 1. The molecule has 0 N–H and O–H groups in total. The number of halogens is 3. The summed E-state index contributed by atoms with van der Waals surface area (Å²) in [6, 6.07) is 11.9. The maximum atomic E-state index is 13.2. The van der Waals surface area contributed by atoms with Crippen molar-refractivity contribution in [2.24, 2.45) is 4.99 Å². The Morgan fingerprint density at radius 1 is 0.825 bits per heavy atom. The molecule has 0 fully saturated rings. The zero-order chi connectivity index (χ0) is 30.6. The summed E-state index contributed by atoms with van der Waals surface area (Å²) in [4.78, 5) is 4.97. The van der Waals surface area contributed by atoms with E-state index in [4.69, 9.17) is 8.20 Å². The summed E-state index contributed by atoms with van der Waals surface area (Å²) in [5.41, 5.74) is 1.30. The predicted molar refractivity (Wildman–Crippen MR) is 160 cm³/mol. The summed E-state index contributed by atoms with van der Waals surface area (Å²) < 4.78 is 69.9. The van der Waals surface area contributed by atoms with Crippen LogP contribution in [0.3, 0.4) is 0 Å². The van der Waals surface area contributed by atoms with Gasteiger partial charge in [-0.2, -0.15) is 0 Å². The second kappa shape index (κ2) is 13.7. The van der Waals surface area contributed by atoms with E-state index in [0.717, 1.165) is 27.9 Å². The molecule has 0 atom stereocenters. The van der Waals surface area contributed by atoms with Crippen molar-refractivity contribution in [2.45, 2.75) is 98.4 Å². The van der Waals surface area contributed by atoms with Gasteiger partial charge < -0.3 is 0 Å². The number of hydrogen-bond donors (Lipinski definition) is 0. The zero-order valence-electron chi connectivity index (χ0n) is 25.0. The molecule has 0 heterocycles.